The van der Waals surface area contributed by atoms with E-state index >= 15 is 0 Å². The smallest absolute Gasteiger partial charge is 0.315 e. The second-order valence-electron chi connectivity index (χ2n) is 5.13. The van der Waals surface area contributed by atoms with Crippen molar-refractivity contribution in [2.75, 3.05) is 13.6 Å². The van der Waals surface area contributed by atoms with Gasteiger partial charge in [0.1, 0.15) is 0 Å². The molecule has 1 heterocycles. The number of likely N-dealkylation sites (N-methyl/N-ethyl adjacent to an activating group) is 1. The maximum Gasteiger partial charge on any atom is 0.315 e. The van der Waals surface area contributed by atoms with Gasteiger partial charge >= 0.3 is 6.03 Å². The van der Waals surface area contributed by atoms with Gasteiger partial charge in [-0.1, -0.05) is 19.3 Å². The highest BCUT2D eigenvalue weighted by Gasteiger charge is 2.28. The number of likely N-dealkylation sites (tertiary alicyclic amines) is 1. The Balaban J connectivity index is 1.72. The first-order valence-corrected chi connectivity index (χ1v) is 6.46. The van der Waals surface area contributed by atoms with E-state index < -0.39 is 0 Å². The van der Waals surface area contributed by atoms with Crippen LogP contribution in [0.4, 0.5) is 4.79 Å². The molecular weight excluding hydrogens is 218 g/mol. The molecule has 17 heavy (non-hydrogen) atoms. The maximum atomic E-state index is 11.7. The van der Waals surface area contributed by atoms with Gasteiger partial charge in [0, 0.05) is 26.1 Å². The van der Waals surface area contributed by atoms with Crippen molar-refractivity contribution in [3.63, 3.8) is 0 Å². The van der Waals surface area contributed by atoms with E-state index in [0.29, 0.717) is 19.0 Å². The van der Waals surface area contributed by atoms with Crippen LogP contribution >= 0.6 is 0 Å². The predicted octanol–water partition coefficient (Wildman–Crippen LogP) is 0.849. The Labute approximate surface area is 102 Å². The van der Waals surface area contributed by atoms with Gasteiger partial charge in [0.25, 0.3) is 0 Å². The summed E-state index contributed by atoms with van der Waals surface area (Å²) in [4.78, 5) is 24.7. The van der Waals surface area contributed by atoms with Gasteiger partial charge in [0.05, 0.1) is 6.04 Å². The SMILES string of the molecule is CN1CC(NC(=O)NC2CCCCC2)CC1=O. The zero-order valence-electron chi connectivity index (χ0n) is 10.4. The normalized spacial score (nSPS) is 26.1. The summed E-state index contributed by atoms with van der Waals surface area (Å²) in [5, 5.41) is 5.87. The third kappa shape index (κ3) is 3.35. The molecule has 1 aliphatic carbocycles. The molecule has 0 aromatic heterocycles. The molecule has 0 spiro atoms. The van der Waals surface area contributed by atoms with E-state index in [1.54, 1.807) is 11.9 Å². The van der Waals surface area contributed by atoms with Crippen LogP contribution in [-0.2, 0) is 4.79 Å². The Bertz CT molecular complexity index is 300. The van der Waals surface area contributed by atoms with Crippen molar-refractivity contribution in [2.24, 2.45) is 0 Å². The number of rotatable bonds is 2. The van der Waals surface area contributed by atoms with E-state index in [1.807, 2.05) is 0 Å². The minimum absolute atomic E-state index is 0.0314. The summed E-state index contributed by atoms with van der Waals surface area (Å²) < 4.78 is 0. The van der Waals surface area contributed by atoms with E-state index in [4.69, 9.17) is 0 Å². The highest BCUT2D eigenvalue weighted by atomic mass is 16.2. The summed E-state index contributed by atoms with van der Waals surface area (Å²) in [5.41, 5.74) is 0. The lowest BCUT2D eigenvalue weighted by molar-refractivity contribution is -0.126. The van der Waals surface area contributed by atoms with Crippen molar-refractivity contribution in [3.8, 4) is 0 Å². The number of urea groups is 1. The number of hydrogen-bond donors (Lipinski definition) is 2. The molecule has 1 saturated carbocycles. The van der Waals surface area contributed by atoms with Gasteiger partial charge in [-0.3, -0.25) is 4.79 Å². The Kier molecular flexibility index (Phi) is 3.86. The lowest BCUT2D eigenvalue weighted by Crippen LogP contribution is -2.47. The van der Waals surface area contributed by atoms with E-state index in [0.717, 1.165) is 12.8 Å². The van der Waals surface area contributed by atoms with E-state index in [2.05, 4.69) is 10.6 Å². The molecular formula is C12H21N3O2. The zero-order valence-corrected chi connectivity index (χ0v) is 10.4. The molecule has 96 valence electrons. The van der Waals surface area contributed by atoms with Crippen molar-refractivity contribution in [1.82, 2.24) is 15.5 Å². The topological polar surface area (TPSA) is 61.4 Å². The second-order valence-corrected chi connectivity index (χ2v) is 5.13. The summed E-state index contributed by atoms with van der Waals surface area (Å²) in [6.07, 6.45) is 6.27. The fraction of sp³-hybridized carbons (Fsp3) is 0.833. The van der Waals surface area contributed by atoms with Crippen molar-refractivity contribution in [1.29, 1.82) is 0 Å². The van der Waals surface area contributed by atoms with Crippen LogP contribution in [0.2, 0.25) is 0 Å². The molecule has 1 aliphatic heterocycles. The average Bonchev–Trinajstić information content (AvgIpc) is 2.59. The highest BCUT2D eigenvalue weighted by Crippen LogP contribution is 2.17. The Morgan fingerprint density at radius 2 is 1.82 bits per heavy atom. The first kappa shape index (κ1) is 12.2. The fourth-order valence-electron chi connectivity index (χ4n) is 2.62. The number of carbonyl (C=O) groups is 2. The van der Waals surface area contributed by atoms with Gasteiger partial charge in [0.2, 0.25) is 5.91 Å². The molecule has 2 rings (SSSR count). The molecule has 1 unspecified atom stereocenters. The number of nitrogens with one attached hydrogen (secondary N) is 2. The molecule has 1 saturated heterocycles. The van der Waals surface area contributed by atoms with Crippen LogP contribution in [0.5, 0.6) is 0 Å². The minimum Gasteiger partial charge on any atom is -0.344 e. The quantitative estimate of drug-likeness (QED) is 0.750. The first-order valence-electron chi connectivity index (χ1n) is 6.46. The molecule has 2 aliphatic rings. The van der Waals surface area contributed by atoms with Crippen LogP contribution in [0.1, 0.15) is 38.5 Å². The van der Waals surface area contributed by atoms with Crippen LogP contribution < -0.4 is 10.6 Å². The summed E-state index contributed by atoms with van der Waals surface area (Å²) >= 11 is 0. The number of amides is 3. The van der Waals surface area contributed by atoms with E-state index in [9.17, 15) is 9.59 Å². The molecule has 0 aromatic rings. The highest BCUT2D eigenvalue weighted by molar-refractivity contribution is 5.81. The van der Waals surface area contributed by atoms with Gasteiger partial charge < -0.3 is 15.5 Å². The number of nitrogens with zero attached hydrogens (tertiary/aromatic N) is 1. The van der Waals surface area contributed by atoms with E-state index in [-0.39, 0.29) is 18.0 Å². The van der Waals surface area contributed by atoms with E-state index in [1.165, 1.54) is 19.3 Å². The summed E-state index contributed by atoms with van der Waals surface area (Å²) in [5.74, 6) is 0.105. The molecule has 5 heteroatoms. The molecule has 3 amide bonds. The van der Waals surface area contributed by atoms with Gasteiger partial charge in [-0.05, 0) is 12.8 Å². The van der Waals surface area contributed by atoms with Crippen molar-refractivity contribution in [2.45, 2.75) is 50.6 Å². The minimum atomic E-state index is -0.120. The van der Waals surface area contributed by atoms with Crippen LogP contribution in [0.3, 0.4) is 0 Å². The van der Waals surface area contributed by atoms with Gasteiger partial charge in [-0.25, -0.2) is 4.79 Å². The van der Waals surface area contributed by atoms with Crippen molar-refractivity contribution < 1.29 is 9.59 Å². The fourth-order valence-corrected chi connectivity index (χ4v) is 2.62. The Morgan fingerprint density at radius 1 is 1.18 bits per heavy atom. The van der Waals surface area contributed by atoms with Gasteiger partial charge in [-0.15, -0.1) is 0 Å². The van der Waals surface area contributed by atoms with Gasteiger partial charge in [-0.2, -0.15) is 0 Å². The zero-order chi connectivity index (χ0) is 12.3. The standard InChI is InChI=1S/C12H21N3O2/c1-15-8-10(7-11(15)16)14-12(17)13-9-5-3-2-4-6-9/h9-10H,2-8H2,1H3,(H2,13,14,17). The van der Waals surface area contributed by atoms with Crippen LogP contribution in [0, 0.1) is 0 Å². The summed E-state index contributed by atoms with van der Waals surface area (Å²) in [6.45, 7) is 0.622. The molecule has 0 aromatic carbocycles. The van der Waals surface area contributed by atoms with Crippen LogP contribution in [0.25, 0.3) is 0 Å². The molecule has 5 nitrogen and oxygen atoms in total. The summed E-state index contributed by atoms with van der Waals surface area (Å²) in [6, 6.07) is 0.166. The largest absolute Gasteiger partial charge is 0.344 e. The third-order valence-electron chi connectivity index (χ3n) is 3.62. The lowest BCUT2D eigenvalue weighted by atomic mass is 9.96. The number of hydrogen-bond acceptors (Lipinski definition) is 2. The molecule has 0 radical (unpaired) electrons. The summed E-state index contributed by atoms with van der Waals surface area (Å²) in [7, 11) is 1.77. The number of carbonyl (C=O) groups excluding carboxylic acids is 2. The average molecular weight is 239 g/mol. The Hall–Kier alpha value is -1.26. The maximum absolute atomic E-state index is 11.7. The third-order valence-corrected chi connectivity index (χ3v) is 3.62. The Morgan fingerprint density at radius 3 is 2.41 bits per heavy atom. The molecule has 0 bridgehead atoms. The monoisotopic (exact) mass is 239 g/mol. The molecule has 2 N–H and O–H groups in total. The molecule has 2 fully saturated rings. The van der Waals surface area contributed by atoms with Crippen molar-refractivity contribution in [3.05, 3.63) is 0 Å². The predicted molar refractivity (Wildman–Crippen MR) is 64.6 cm³/mol. The van der Waals surface area contributed by atoms with Crippen molar-refractivity contribution >= 4 is 11.9 Å². The van der Waals surface area contributed by atoms with Crippen LogP contribution in [-0.4, -0.2) is 42.5 Å². The van der Waals surface area contributed by atoms with Gasteiger partial charge in [0.15, 0.2) is 0 Å². The second kappa shape index (κ2) is 5.38. The van der Waals surface area contributed by atoms with Crippen LogP contribution in [0.15, 0.2) is 0 Å². The first-order chi connectivity index (χ1) is 8.15. The lowest BCUT2D eigenvalue weighted by Gasteiger charge is -2.23. The molecule has 1 atom stereocenters.